The highest BCUT2D eigenvalue weighted by molar-refractivity contribution is 4.86. The molecule has 0 radical (unpaired) electrons. The van der Waals surface area contributed by atoms with Gasteiger partial charge in [-0.15, -0.1) is 0 Å². The molecule has 0 aromatic rings. The van der Waals surface area contributed by atoms with Crippen LogP contribution in [0.2, 0.25) is 0 Å². The minimum Gasteiger partial charge on any atom is -0.352 e. The van der Waals surface area contributed by atoms with Crippen LogP contribution in [0, 0.1) is 5.41 Å². The number of rotatable bonds is 4. The summed E-state index contributed by atoms with van der Waals surface area (Å²) in [5.41, 5.74) is 0.213. The molecular weight excluding hydrogens is 214 g/mol. The minimum absolute atomic E-state index is 0.0548. The second kappa shape index (κ2) is 5.68. The van der Waals surface area contributed by atoms with Gasteiger partial charge >= 0.3 is 0 Å². The maximum absolute atomic E-state index is 5.88. The molecule has 0 aromatic heterocycles. The van der Waals surface area contributed by atoms with Gasteiger partial charge in [-0.05, 0) is 27.2 Å². The Hall–Kier alpha value is -0.120. The lowest BCUT2D eigenvalue weighted by Crippen LogP contribution is -2.56. The predicted octanol–water partition coefficient (Wildman–Crippen LogP) is 3.24. The van der Waals surface area contributed by atoms with E-state index < -0.39 is 0 Å². The largest absolute Gasteiger partial charge is 0.352 e. The molecular formula is C14H29NO2. The van der Waals surface area contributed by atoms with E-state index in [1.807, 2.05) is 0 Å². The third-order valence-corrected chi connectivity index (χ3v) is 3.33. The molecule has 0 aromatic carbocycles. The van der Waals surface area contributed by atoms with Crippen molar-refractivity contribution in [2.24, 2.45) is 5.41 Å². The van der Waals surface area contributed by atoms with Gasteiger partial charge in [0.25, 0.3) is 0 Å². The molecule has 3 nitrogen and oxygen atoms in total. The Morgan fingerprint density at radius 1 is 1.35 bits per heavy atom. The Labute approximate surface area is 106 Å². The number of hydrogen-bond donors (Lipinski definition) is 0. The van der Waals surface area contributed by atoms with Crippen LogP contribution in [0.15, 0.2) is 0 Å². The molecule has 17 heavy (non-hydrogen) atoms. The van der Waals surface area contributed by atoms with Crippen LogP contribution in [0.1, 0.15) is 54.4 Å². The number of nitrogens with zero attached hydrogens (tertiary/aromatic N) is 1. The van der Waals surface area contributed by atoms with Gasteiger partial charge < -0.3 is 9.47 Å². The molecule has 1 aliphatic rings. The quantitative estimate of drug-likeness (QED) is 0.708. The lowest BCUT2D eigenvalue weighted by molar-refractivity contribution is -0.264. The molecule has 1 atom stereocenters. The third-order valence-electron chi connectivity index (χ3n) is 3.33. The fourth-order valence-corrected chi connectivity index (χ4v) is 2.03. The summed E-state index contributed by atoms with van der Waals surface area (Å²) in [7, 11) is 0. The Bertz CT molecular complexity index is 233. The molecule has 0 saturated carbocycles. The zero-order valence-electron chi connectivity index (χ0n) is 12.4. The van der Waals surface area contributed by atoms with Gasteiger partial charge in [-0.1, -0.05) is 27.2 Å². The monoisotopic (exact) mass is 243 g/mol. The van der Waals surface area contributed by atoms with Crippen LogP contribution in [0.4, 0.5) is 0 Å². The maximum atomic E-state index is 5.88. The molecule has 0 unspecified atom stereocenters. The van der Waals surface area contributed by atoms with E-state index in [0.717, 1.165) is 19.6 Å². The van der Waals surface area contributed by atoms with Crippen LogP contribution in [-0.2, 0) is 9.47 Å². The van der Waals surface area contributed by atoms with Gasteiger partial charge in [-0.25, -0.2) is 0 Å². The zero-order chi connectivity index (χ0) is 13.1. The van der Waals surface area contributed by atoms with Crippen molar-refractivity contribution in [1.82, 2.24) is 4.90 Å². The van der Waals surface area contributed by atoms with Crippen LogP contribution in [-0.4, -0.2) is 36.6 Å². The number of unbranched alkanes of at least 4 members (excludes halogenated alkanes) is 1. The summed E-state index contributed by atoms with van der Waals surface area (Å²) >= 11 is 0. The topological polar surface area (TPSA) is 21.7 Å². The van der Waals surface area contributed by atoms with E-state index in [9.17, 15) is 0 Å². The van der Waals surface area contributed by atoms with E-state index in [1.54, 1.807) is 0 Å². The Balaban J connectivity index is 2.51. The van der Waals surface area contributed by atoms with Gasteiger partial charge in [0.1, 0.15) is 6.73 Å². The Morgan fingerprint density at radius 2 is 2.00 bits per heavy atom. The van der Waals surface area contributed by atoms with Crippen LogP contribution < -0.4 is 0 Å². The fraction of sp³-hybridized carbons (Fsp3) is 1.00. The van der Waals surface area contributed by atoms with Crippen molar-refractivity contribution < 1.29 is 9.47 Å². The predicted molar refractivity (Wildman–Crippen MR) is 70.8 cm³/mol. The average Bonchev–Trinajstić information content (AvgIpc) is 2.18. The Kier molecular flexibility index (Phi) is 4.99. The highest BCUT2D eigenvalue weighted by atomic mass is 16.7. The maximum Gasteiger partial charge on any atom is 0.165 e. The molecule has 0 amide bonds. The summed E-state index contributed by atoms with van der Waals surface area (Å²) in [4.78, 5) is 2.37. The summed E-state index contributed by atoms with van der Waals surface area (Å²) in [5.74, 6) is 0. The van der Waals surface area contributed by atoms with Crippen LogP contribution in [0.3, 0.4) is 0 Å². The summed E-state index contributed by atoms with van der Waals surface area (Å²) in [6, 6.07) is 0. The van der Waals surface area contributed by atoms with Crippen molar-refractivity contribution >= 4 is 0 Å². The Morgan fingerprint density at radius 3 is 2.47 bits per heavy atom. The van der Waals surface area contributed by atoms with Crippen LogP contribution in [0.5, 0.6) is 0 Å². The third kappa shape index (κ3) is 4.23. The summed E-state index contributed by atoms with van der Waals surface area (Å²) < 4.78 is 11.7. The molecule has 3 heteroatoms. The van der Waals surface area contributed by atoms with Crippen molar-refractivity contribution in [3.63, 3.8) is 0 Å². The first-order chi connectivity index (χ1) is 7.77. The fourth-order valence-electron chi connectivity index (χ4n) is 2.03. The first-order valence-corrected chi connectivity index (χ1v) is 6.75. The lowest BCUT2D eigenvalue weighted by Gasteiger charge is -2.48. The van der Waals surface area contributed by atoms with E-state index >= 15 is 0 Å². The van der Waals surface area contributed by atoms with Gasteiger partial charge in [0, 0.05) is 24.1 Å². The molecule has 1 aliphatic heterocycles. The molecule has 0 aliphatic carbocycles. The second-order valence-electron chi connectivity index (χ2n) is 6.71. The highest BCUT2D eigenvalue weighted by Gasteiger charge is 2.40. The van der Waals surface area contributed by atoms with Crippen LogP contribution in [0.25, 0.3) is 0 Å². The van der Waals surface area contributed by atoms with Gasteiger partial charge in [0.2, 0.25) is 0 Å². The van der Waals surface area contributed by atoms with Gasteiger partial charge in [0.05, 0.1) is 0 Å². The summed E-state index contributed by atoms with van der Waals surface area (Å²) in [6.07, 6.45) is 2.22. The zero-order valence-corrected chi connectivity index (χ0v) is 12.4. The smallest absolute Gasteiger partial charge is 0.165 e. The van der Waals surface area contributed by atoms with Crippen molar-refractivity contribution in [3.8, 4) is 0 Å². The molecule has 102 valence electrons. The highest BCUT2D eigenvalue weighted by Crippen LogP contribution is 2.33. The molecule has 1 rings (SSSR count). The first-order valence-electron chi connectivity index (χ1n) is 6.75. The molecule has 0 N–H and O–H groups in total. The van der Waals surface area contributed by atoms with Crippen molar-refractivity contribution in [1.29, 1.82) is 0 Å². The minimum atomic E-state index is -0.0624. The SMILES string of the molecule is CCCCO[C@@H]1OCN(C(C)(C)C)CC1(C)C. The number of ether oxygens (including phenoxy) is 2. The van der Waals surface area contributed by atoms with Gasteiger partial charge in [-0.2, -0.15) is 0 Å². The molecule has 1 saturated heterocycles. The van der Waals surface area contributed by atoms with E-state index in [1.165, 1.54) is 6.42 Å². The van der Waals surface area contributed by atoms with E-state index in [0.29, 0.717) is 6.73 Å². The van der Waals surface area contributed by atoms with Crippen molar-refractivity contribution in [3.05, 3.63) is 0 Å². The van der Waals surface area contributed by atoms with Crippen molar-refractivity contribution in [2.45, 2.75) is 66.2 Å². The standard InChI is InChI=1S/C14H29NO2/c1-7-8-9-16-12-14(5,6)10-15(11-17-12)13(2,3)4/h12H,7-11H2,1-6H3/t12-/m1/s1. The molecule has 0 bridgehead atoms. The van der Waals surface area contributed by atoms with E-state index in [-0.39, 0.29) is 17.2 Å². The van der Waals surface area contributed by atoms with Gasteiger partial charge in [-0.3, -0.25) is 4.90 Å². The number of hydrogen-bond acceptors (Lipinski definition) is 3. The normalized spacial score (nSPS) is 26.1. The average molecular weight is 243 g/mol. The molecule has 1 fully saturated rings. The van der Waals surface area contributed by atoms with Crippen molar-refractivity contribution in [2.75, 3.05) is 19.9 Å². The first kappa shape index (κ1) is 14.9. The van der Waals surface area contributed by atoms with E-state index in [4.69, 9.17) is 9.47 Å². The van der Waals surface area contributed by atoms with E-state index in [2.05, 4.69) is 46.4 Å². The van der Waals surface area contributed by atoms with Gasteiger partial charge in [0.15, 0.2) is 6.29 Å². The molecule has 1 heterocycles. The lowest BCUT2D eigenvalue weighted by atomic mass is 9.88. The summed E-state index contributed by atoms with van der Waals surface area (Å²) in [6.45, 7) is 15.8. The summed E-state index contributed by atoms with van der Waals surface area (Å²) in [5, 5.41) is 0. The second-order valence-corrected chi connectivity index (χ2v) is 6.71. The molecule has 0 spiro atoms. The van der Waals surface area contributed by atoms with Crippen LogP contribution >= 0.6 is 0 Å².